The molecule has 2 heterocycles. The lowest BCUT2D eigenvalue weighted by molar-refractivity contribution is -0.122. The summed E-state index contributed by atoms with van der Waals surface area (Å²) < 4.78 is 0. The fourth-order valence-electron chi connectivity index (χ4n) is 2.95. The summed E-state index contributed by atoms with van der Waals surface area (Å²) >= 11 is 0. The van der Waals surface area contributed by atoms with Gasteiger partial charge >= 0.3 is 6.03 Å². The minimum atomic E-state index is 0.166. The molecule has 3 aliphatic rings. The first-order chi connectivity index (χ1) is 8.75. The van der Waals surface area contributed by atoms with E-state index in [1.165, 1.54) is 6.42 Å². The van der Waals surface area contributed by atoms with E-state index in [1.54, 1.807) is 0 Å². The van der Waals surface area contributed by atoms with Crippen LogP contribution in [-0.4, -0.2) is 54.0 Å². The Balaban J connectivity index is 1.45. The van der Waals surface area contributed by atoms with Crippen LogP contribution in [0.2, 0.25) is 0 Å². The van der Waals surface area contributed by atoms with Crippen molar-refractivity contribution < 1.29 is 9.59 Å². The van der Waals surface area contributed by atoms with Gasteiger partial charge in [-0.05, 0) is 32.1 Å². The van der Waals surface area contributed by atoms with Crippen molar-refractivity contribution in [2.24, 2.45) is 5.92 Å². The van der Waals surface area contributed by atoms with Gasteiger partial charge in [0.2, 0.25) is 5.91 Å². The van der Waals surface area contributed by atoms with Crippen LogP contribution < -0.4 is 5.32 Å². The normalized spacial score (nSPS) is 27.3. The number of hydrogen-bond donors (Lipinski definition) is 1. The van der Waals surface area contributed by atoms with Crippen LogP contribution in [0.3, 0.4) is 0 Å². The molecule has 3 rings (SSSR count). The zero-order chi connectivity index (χ0) is 12.5. The molecule has 100 valence electrons. The lowest BCUT2D eigenvalue weighted by Crippen LogP contribution is -2.40. The lowest BCUT2D eigenvalue weighted by atomic mass is 10.0. The van der Waals surface area contributed by atoms with Gasteiger partial charge in [0.05, 0.1) is 6.04 Å². The van der Waals surface area contributed by atoms with Crippen LogP contribution in [-0.2, 0) is 4.79 Å². The molecule has 2 saturated heterocycles. The second kappa shape index (κ2) is 4.78. The van der Waals surface area contributed by atoms with E-state index in [9.17, 15) is 9.59 Å². The summed E-state index contributed by atoms with van der Waals surface area (Å²) in [4.78, 5) is 27.5. The fraction of sp³-hybridized carbons (Fsp3) is 0.846. The van der Waals surface area contributed by atoms with E-state index in [-0.39, 0.29) is 17.9 Å². The van der Waals surface area contributed by atoms with Crippen LogP contribution in [0, 0.1) is 5.92 Å². The van der Waals surface area contributed by atoms with Gasteiger partial charge in [0, 0.05) is 32.1 Å². The fourth-order valence-corrected chi connectivity index (χ4v) is 2.95. The molecule has 1 aliphatic carbocycles. The summed E-state index contributed by atoms with van der Waals surface area (Å²) in [6.07, 6.45) is 5.57. The summed E-state index contributed by atoms with van der Waals surface area (Å²) in [5.74, 6) is 0.421. The number of nitrogens with one attached hydrogen (secondary N) is 1. The van der Waals surface area contributed by atoms with Gasteiger partial charge in [-0.25, -0.2) is 4.79 Å². The number of urea groups is 1. The first-order valence-electron chi connectivity index (χ1n) is 7.09. The summed E-state index contributed by atoms with van der Waals surface area (Å²) in [6, 6.07) is 0.589. The molecule has 0 aromatic carbocycles. The number of carbonyl (C=O) groups excluding carboxylic acids is 2. The van der Waals surface area contributed by atoms with Crippen LogP contribution in [0.25, 0.3) is 0 Å². The van der Waals surface area contributed by atoms with Crippen molar-refractivity contribution in [3.05, 3.63) is 0 Å². The van der Waals surface area contributed by atoms with Crippen LogP contribution in [0.4, 0.5) is 4.79 Å². The Kier molecular flexibility index (Phi) is 3.14. The largest absolute Gasteiger partial charge is 0.354 e. The van der Waals surface area contributed by atoms with Crippen molar-refractivity contribution in [2.45, 2.75) is 38.1 Å². The third-order valence-corrected chi connectivity index (χ3v) is 4.20. The van der Waals surface area contributed by atoms with E-state index < -0.39 is 0 Å². The second-order valence-electron chi connectivity index (χ2n) is 5.64. The maximum absolute atomic E-state index is 12.1. The first kappa shape index (κ1) is 11.8. The van der Waals surface area contributed by atoms with Crippen molar-refractivity contribution in [1.29, 1.82) is 0 Å². The number of nitrogens with zero attached hydrogens (tertiary/aromatic N) is 2. The Morgan fingerprint density at radius 3 is 2.83 bits per heavy atom. The molecule has 3 fully saturated rings. The quantitative estimate of drug-likeness (QED) is 0.803. The highest BCUT2D eigenvalue weighted by Gasteiger charge is 2.38. The molecule has 2 aliphatic heterocycles. The van der Waals surface area contributed by atoms with E-state index in [0.717, 1.165) is 38.8 Å². The standard InChI is InChI=1S/C13H21N3O2/c17-12(10-4-5-10)14-6-8-15-9-11-3-1-2-7-16(11)13(15)18/h10-11H,1-9H2,(H,14,17). The maximum Gasteiger partial charge on any atom is 0.320 e. The molecule has 1 unspecified atom stereocenters. The zero-order valence-corrected chi connectivity index (χ0v) is 10.7. The highest BCUT2D eigenvalue weighted by molar-refractivity contribution is 5.81. The van der Waals surface area contributed by atoms with Gasteiger partial charge in [0.15, 0.2) is 0 Å². The third kappa shape index (κ3) is 2.31. The Morgan fingerprint density at radius 2 is 2.11 bits per heavy atom. The molecular formula is C13H21N3O2. The number of carbonyl (C=O) groups is 2. The van der Waals surface area contributed by atoms with Crippen LogP contribution >= 0.6 is 0 Å². The summed E-state index contributed by atoms with van der Waals surface area (Å²) in [5.41, 5.74) is 0. The SMILES string of the molecule is O=C(NCCN1CC2CCCCN2C1=O)C1CC1. The summed E-state index contributed by atoms with van der Waals surface area (Å²) in [7, 11) is 0. The van der Waals surface area contributed by atoms with E-state index >= 15 is 0 Å². The Morgan fingerprint density at radius 1 is 1.28 bits per heavy atom. The smallest absolute Gasteiger partial charge is 0.320 e. The van der Waals surface area contributed by atoms with E-state index in [4.69, 9.17) is 0 Å². The van der Waals surface area contributed by atoms with Gasteiger partial charge in [-0.3, -0.25) is 4.79 Å². The third-order valence-electron chi connectivity index (χ3n) is 4.20. The number of rotatable bonds is 4. The van der Waals surface area contributed by atoms with Crippen molar-refractivity contribution in [3.8, 4) is 0 Å². The highest BCUT2D eigenvalue weighted by atomic mass is 16.2. The van der Waals surface area contributed by atoms with Gasteiger partial charge in [-0.15, -0.1) is 0 Å². The number of piperidine rings is 1. The Hall–Kier alpha value is -1.26. The van der Waals surface area contributed by atoms with Gasteiger partial charge < -0.3 is 15.1 Å². The van der Waals surface area contributed by atoms with Crippen molar-refractivity contribution in [3.63, 3.8) is 0 Å². The van der Waals surface area contributed by atoms with E-state index in [2.05, 4.69) is 5.32 Å². The van der Waals surface area contributed by atoms with Gasteiger partial charge in [-0.2, -0.15) is 0 Å². The molecule has 3 amide bonds. The number of hydrogen-bond acceptors (Lipinski definition) is 2. The molecule has 0 bridgehead atoms. The molecule has 1 N–H and O–H groups in total. The first-order valence-corrected chi connectivity index (χ1v) is 7.09. The molecule has 0 spiro atoms. The van der Waals surface area contributed by atoms with Crippen LogP contribution in [0.5, 0.6) is 0 Å². The second-order valence-corrected chi connectivity index (χ2v) is 5.64. The van der Waals surface area contributed by atoms with Crippen molar-refractivity contribution in [1.82, 2.24) is 15.1 Å². The lowest BCUT2D eigenvalue weighted by Gasteiger charge is -2.27. The van der Waals surface area contributed by atoms with Gasteiger partial charge in [0.1, 0.15) is 0 Å². The minimum absolute atomic E-state index is 0.166. The molecule has 5 nitrogen and oxygen atoms in total. The Labute approximate surface area is 107 Å². The molecule has 18 heavy (non-hydrogen) atoms. The minimum Gasteiger partial charge on any atom is -0.354 e. The molecule has 0 radical (unpaired) electrons. The molecular weight excluding hydrogens is 230 g/mol. The van der Waals surface area contributed by atoms with Crippen LogP contribution in [0.15, 0.2) is 0 Å². The average Bonchev–Trinajstić information content (AvgIpc) is 3.17. The van der Waals surface area contributed by atoms with Crippen molar-refractivity contribution in [2.75, 3.05) is 26.2 Å². The summed E-state index contributed by atoms with van der Waals surface area (Å²) in [5, 5.41) is 2.92. The predicted molar refractivity (Wildman–Crippen MR) is 67.0 cm³/mol. The van der Waals surface area contributed by atoms with Gasteiger partial charge in [0.25, 0.3) is 0 Å². The molecule has 5 heteroatoms. The van der Waals surface area contributed by atoms with Crippen molar-refractivity contribution >= 4 is 11.9 Å². The highest BCUT2D eigenvalue weighted by Crippen LogP contribution is 2.28. The number of fused-ring (bicyclic) bond motifs is 1. The van der Waals surface area contributed by atoms with E-state index in [1.807, 2.05) is 9.80 Å². The Bertz CT molecular complexity index is 354. The average molecular weight is 251 g/mol. The molecule has 0 aromatic heterocycles. The maximum atomic E-state index is 12.1. The van der Waals surface area contributed by atoms with E-state index in [0.29, 0.717) is 19.1 Å². The van der Waals surface area contributed by atoms with Gasteiger partial charge in [-0.1, -0.05) is 0 Å². The number of amides is 3. The monoisotopic (exact) mass is 251 g/mol. The molecule has 1 saturated carbocycles. The molecule has 0 aromatic rings. The summed E-state index contributed by atoms with van der Waals surface area (Å²) in [6.45, 7) is 3.01. The topological polar surface area (TPSA) is 52.7 Å². The van der Waals surface area contributed by atoms with Crippen LogP contribution in [0.1, 0.15) is 32.1 Å². The predicted octanol–water partition coefficient (Wildman–Crippen LogP) is 0.803. The molecule has 1 atom stereocenters. The zero-order valence-electron chi connectivity index (χ0n) is 10.7.